The van der Waals surface area contributed by atoms with Crippen molar-refractivity contribution in [1.82, 2.24) is 0 Å². The first-order valence-electron chi connectivity index (χ1n) is 37.2. The van der Waals surface area contributed by atoms with Crippen LogP contribution in [0.15, 0.2) is 24.3 Å². The Balaban J connectivity index is 1.27. The molecular formula is C66H112N2O48. The molecule has 8 aliphatic rings. The minimum absolute atomic E-state index is 0.258. The maximum Gasteiger partial charge on any atom is 0.186 e. The quantitative estimate of drug-likeness (QED) is 0.0292. The summed E-state index contributed by atoms with van der Waals surface area (Å²) in [5, 5.41) is 348. The van der Waals surface area contributed by atoms with Crippen LogP contribution in [0.1, 0.15) is 0 Å². The Bertz CT molecular complexity index is 2470. The summed E-state index contributed by atoms with van der Waals surface area (Å²) >= 11 is 0. The summed E-state index contributed by atoms with van der Waals surface area (Å²) in [6.45, 7) is -16.1. The lowest BCUT2D eigenvalue weighted by Crippen LogP contribution is -2.62. The van der Waals surface area contributed by atoms with E-state index < -0.39 is 376 Å². The number of ether oxygens (including phenoxy) is 16. The fourth-order valence-electron chi connectivity index (χ4n) is 14.4. The lowest BCUT2D eigenvalue weighted by molar-refractivity contribution is -0.312. The van der Waals surface area contributed by atoms with Crippen molar-refractivity contribution in [3.05, 3.63) is 24.3 Å². The van der Waals surface area contributed by atoms with Gasteiger partial charge in [-0.2, -0.15) is 0 Å². The van der Waals surface area contributed by atoms with Crippen LogP contribution in [0.3, 0.4) is 0 Å². The summed E-state index contributed by atoms with van der Waals surface area (Å²) in [7, 11) is 0. The molecule has 0 amide bonds. The highest BCUT2D eigenvalue weighted by atomic mass is 16.8. The molecule has 8 aliphatic heterocycles. The first kappa shape index (κ1) is 96.7. The van der Waals surface area contributed by atoms with E-state index in [1.165, 1.54) is 34.1 Å². The number of hydrogen-bond acceptors (Lipinski definition) is 50. The molecular weight excluding hydrogens is 1590 g/mol. The number of aliphatic hydroxyl groups is 32. The molecule has 0 radical (unpaired) electrons. The molecule has 0 aliphatic carbocycles. The lowest BCUT2D eigenvalue weighted by Gasteiger charge is -2.46. The summed E-state index contributed by atoms with van der Waals surface area (Å²) in [4.78, 5) is 2.36. The van der Waals surface area contributed by atoms with Gasteiger partial charge in [0.2, 0.25) is 0 Å². The largest absolute Gasteiger partial charge is 0.394 e. The Morgan fingerprint density at radius 3 is 0.405 bits per heavy atom. The number of hydrogen-bond donors (Lipinski definition) is 32. The number of nitrogens with zero attached hydrogens (tertiary/aromatic N) is 2. The predicted octanol–water partition coefficient (Wildman–Crippen LogP) is -20.7. The number of rotatable bonds is 38. The zero-order valence-corrected chi connectivity index (χ0v) is 61.8. The fraction of sp³-hybridized carbons (Fsp3) is 0.909. The Morgan fingerprint density at radius 1 is 0.190 bits per heavy atom. The van der Waals surface area contributed by atoms with Gasteiger partial charge in [0.05, 0.1) is 130 Å². The summed E-state index contributed by atoms with van der Waals surface area (Å²) in [6, 6.07) is -2.43. The van der Waals surface area contributed by atoms with E-state index in [1.54, 1.807) is 0 Å². The SMILES string of the molecule is OC[C@H]1O[C@H](OCC(COC2O[C@H](CO)[C@@H](O)[C@H](O)[C@H]2O)N(c2ccc(N(C(COC3O[C@H](CO)[C@@H](O)[C@H](O)[C@H]3O)COC3O[C@H](CO)[C@@H](O)[C@H](O)[C@H]3O)C(COC3O[C@H](CO)[C@@H](O)[C@H](O)[C@H]3O)COC3O[C@H](CO)[C@@H](O)[C@H](O)[C@H]3O)cc2)C(COC2O[C@H](CO)[C@@H](O)[C@H](O)[C@H]2O)COC2O[C@H](CO)[C@@H](O)[C@H](O)[C@H]2O)[C@H](O)[C@@H](O)[C@@H]1O. The highest BCUT2D eigenvalue weighted by Gasteiger charge is 2.54. The molecule has 0 spiro atoms. The third kappa shape index (κ3) is 22.0. The van der Waals surface area contributed by atoms with Crippen LogP contribution in [-0.2, 0) is 75.8 Å². The van der Waals surface area contributed by atoms with Crippen LogP contribution in [0.4, 0.5) is 11.4 Å². The van der Waals surface area contributed by atoms with Gasteiger partial charge in [-0.15, -0.1) is 0 Å². The Kier molecular flexibility index (Phi) is 36.7. The van der Waals surface area contributed by atoms with Crippen LogP contribution in [0.25, 0.3) is 0 Å². The molecule has 674 valence electrons. The van der Waals surface area contributed by atoms with Crippen LogP contribution >= 0.6 is 0 Å². The van der Waals surface area contributed by atoms with Gasteiger partial charge >= 0.3 is 0 Å². The zero-order chi connectivity index (χ0) is 85.2. The lowest BCUT2D eigenvalue weighted by atomic mass is 9.99. The van der Waals surface area contributed by atoms with Gasteiger partial charge in [0.15, 0.2) is 50.3 Å². The second-order valence-corrected chi connectivity index (χ2v) is 29.2. The molecule has 0 aromatic heterocycles. The van der Waals surface area contributed by atoms with Crippen molar-refractivity contribution in [2.24, 2.45) is 0 Å². The van der Waals surface area contributed by atoms with Crippen LogP contribution < -0.4 is 9.80 Å². The minimum atomic E-state index is -2.19. The van der Waals surface area contributed by atoms with Gasteiger partial charge in [-0.25, -0.2) is 0 Å². The standard InChI is InChI=1S/C66H112N2O48/c69-5-27-35(77)43(85)51(93)59(109-27)101-13-23(14-102-60-52(94)44(86)36(78)28(6-70)110-60)67(24(15-103-61-53(95)45(87)37(79)29(7-71)111-61)16-104-62-54(96)46(88)38(80)30(8-72)112-62)21-1-2-22(4-3-21)68(25(17-105-63-55(97)47(89)39(81)31(9-73)113-63)18-106-64-56(98)48(90)40(82)32(10-74)114-64)26(19-107-65-57(99)49(91)41(83)33(11-75)115-65)20-108-66-58(100)50(92)42(84)34(12-76)116-66/h1-4,23-66,69-100H,5-20H2/t23?,24?,25?,26?,27-,28-,29-,30-,31-,32-,33-,34-,35-,36-,37-,38-,39-,40-,41-,42-,43+,44+,45+,46+,47+,48+,49+,50+,51-,52-,53-,54-,55-,56-,57-,58-,59+,60?,61?,62?,63?,64?,65?,66?/m1/s1. The molecule has 50 nitrogen and oxygen atoms in total. The Morgan fingerprint density at radius 2 is 0.302 bits per heavy atom. The Labute approximate surface area is 658 Å². The first-order valence-corrected chi connectivity index (χ1v) is 37.2. The molecule has 41 atom stereocenters. The molecule has 0 bridgehead atoms. The molecule has 9 rings (SSSR count). The Hall–Kier alpha value is -3.10. The fourth-order valence-corrected chi connectivity index (χ4v) is 14.4. The van der Waals surface area contributed by atoms with Gasteiger partial charge in [-0.3, -0.25) is 0 Å². The molecule has 8 heterocycles. The van der Waals surface area contributed by atoms with Crippen molar-refractivity contribution in [3.8, 4) is 0 Å². The third-order valence-electron chi connectivity index (χ3n) is 21.4. The first-order chi connectivity index (χ1) is 55.1. The molecule has 1 aromatic carbocycles. The highest BCUT2D eigenvalue weighted by Crippen LogP contribution is 2.36. The second-order valence-electron chi connectivity index (χ2n) is 29.2. The topological polar surface area (TPSA) is 802 Å². The van der Waals surface area contributed by atoms with Crippen LogP contribution in [0, 0.1) is 0 Å². The number of aliphatic hydroxyl groups excluding tert-OH is 32. The molecule has 0 saturated carbocycles. The van der Waals surface area contributed by atoms with E-state index in [0.717, 1.165) is 0 Å². The van der Waals surface area contributed by atoms with Gasteiger partial charge in [-0.05, 0) is 24.3 Å². The normalized spacial score (nSPS) is 45.0. The van der Waals surface area contributed by atoms with E-state index in [4.69, 9.17) is 75.8 Å². The number of anilines is 2. The summed E-state index contributed by atoms with van der Waals surface area (Å²) in [5.74, 6) is 0. The van der Waals surface area contributed by atoms with Crippen molar-refractivity contribution >= 4 is 11.4 Å². The molecule has 116 heavy (non-hydrogen) atoms. The molecule has 1 aromatic rings. The molecule has 8 unspecified atom stereocenters. The molecule has 32 N–H and O–H groups in total. The van der Waals surface area contributed by atoms with E-state index in [9.17, 15) is 163 Å². The van der Waals surface area contributed by atoms with E-state index in [0.29, 0.717) is 0 Å². The van der Waals surface area contributed by atoms with Gasteiger partial charge < -0.3 is 249 Å². The van der Waals surface area contributed by atoms with E-state index >= 15 is 0 Å². The van der Waals surface area contributed by atoms with Crippen molar-refractivity contribution < 1.29 is 239 Å². The van der Waals surface area contributed by atoms with Crippen molar-refractivity contribution in [1.29, 1.82) is 0 Å². The van der Waals surface area contributed by atoms with Crippen LogP contribution in [0.5, 0.6) is 0 Å². The maximum atomic E-state index is 11.4. The predicted molar refractivity (Wildman–Crippen MR) is 364 cm³/mol. The number of benzene rings is 1. The van der Waals surface area contributed by atoms with E-state index in [-0.39, 0.29) is 11.4 Å². The minimum Gasteiger partial charge on any atom is -0.394 e. The summed E-state index contributed by atoms with van der Waals surface area (Å²) in [5.41, 5.74) is -0.515. The van der Waals surface area contributed by atoms with E-state index in [2.05, 4.69) is 0 Å². The maximum absolute atomic E-state index is 11.4. The average molecular weight is 1700 g/mol. The van der Waals surface area contributed by atoms with Crippen molar-refractivity contribution in [3.63, 3.8) is 0 Å². The molecule has 8 saturated heterocycles. The zero-order valence-electron chi connectivity index (χ0n) is 61.8. The summed E-state index contributed by atoms with van der Waals surface area (Å²) in [6.07, 6.45) is -80.3. The van der Waals surface area contributed by atoms with Crippen LogP contribution in [-0.4, -0.2) is 539 Å². The third-order valence-corrected chi connectivity index (χ3v) is 21.4. The smallest absolute Gasteiger partial charge is 0.186 e. The van der Waals surface area contributed by atoms with Gasteiger partial charge in [0.1, 0.15) is 195 Å². The molecule has 50 heteroatoms. The average Bonchev–Trinajstić information content (AvgIpc) is 0.788. The van der Waals surface area contributed by atoms with Crippen LogP contribution in [0.2, 0.25) is 0 Å². The van der Waals surface area contributed by atoms with Gasteiger partial charge in [0, 0.05) is 11.4 Å². The summed E-state index contributed by atoms with van der Waals surface area (Å²) < 4.78 is 94.8. The van der Waals surface area contributed by atoms with E-state index in [1.807, 2.05) is 0 Å². The second kappa shape index (κ2) is 44.0. The van der Waals surface area contributed by atoms with Gasteiger partial charge in [0.25, 0.3) is 0 Å². The van der Waals surface area contributed by atoms with Crippen molar-refractivity contribution in [2.75, 3.05) is 116 Å². The monoisotopic (exact) mass is 1700 g/mol. The molecule has 8 fully saturated rings. The van der Waals surface area contributed by atoms with Crippen molar-refractivity contribution in [2.45, 2.75) is 270 Å². The van der Waals surface area contributed by atoms with Gasteiger partial charge in [-0.1, -0.05) is 0 Å². The highest BCUT2D eigenvalue weighted by molar-refractivity contribution is 5.59.